The Morgan fingerprint density at radius 2 is 1.97 bits per heavy atom. The third-order valence-corrected chi connectivity index (χ3v) is 7.08. The number of urea groups is 1. The number of fused-ring (bicyclic) bond motifs is 3. The highest BCUT2D eigenvalue weighted by Gasteiger charge is 2.39. The van der Waals surface area contributed by atoms with E-state index in [0.29, 0.717) is 32.5 Å². The van der Waals surface area contributed by atoms with Crippen molar-refractivity contribution in [3.63, 3.8) is 0 Å². The van der Waals surface area contributed by atoms with Gasteiger partial charge in [-0.1, -0.05) is 0 Å². The third-order valence-electron chi connectivity index (χ3n) is 6.40. The van der Waals surface area contributed by atoms with Crippen LogP contribution in [0.15, 0.2) is 35.2 Å². The largest absolute Gasteiger partial charge is 0.381 e. The SMILES string of the molecule is CN1Cc2cnc3ccc(-c4ccsc4)nc3c2N(C2CCN(C(=O)C(C)(C)O)CC2)C1=O. The van der Waals surface area contributed by atoms with E-state index in [2.05, 4.69) is 10.4 Å². The summed E-state index contributed by atoms with van der Waals surface area (Å²) in [5.74, 6) is -0.278. The van der Waals surface area contributed by atoms with Crippen LogP contribution in [0.5, 0.6) is 0 Å². The monoisotopic (exact) mass is 465 g/mol. The molecule has 2 aliphatic rings. The number of piperidine rings is 1. The molecule has 0 atom stereocenters. The Labute approximate surface area is 196 Å². The molecule has 0 unspecified atom stereocenters. The van der Waals surface area contributed by atoms with Gasteiger partial charge in [-0.15, -0.1) is 0 Å². The molecule has 8 nitrogen and oxygen atoms in total. The minimum Gasteiger partial charge on any atom is -0.381 e. The van der Waals surface area contributed by atoms with Gasteiger partial charge in [-0.3, -0.25) is 14.7 Å². The highest BCUT2D eigenvalue weighted by Crippen LogP contribution is 2.38. The molecule has 33 heavy (non-hydrogen) atoms. The summed E-state index contributed by atoms with van der Waals surface area (Å²) in [6.07, 6.45) is 3.11. The van der Waals surface area contributed by atoms with Crippen molar-refractivity contribution >= 4 is 40.0 Å². The van der Waals surface area contributed by atoms with Crippen molar-refractivity contribution in [2.45, 2.75) is 44.9 Å². The Morgan fingerprint density at radius 1 is 1.21 bits per heavy atom. The summed E-state index contributed by atoms with van der Waals surface area (Å²) in [5, 5.41) is 14.2. The molecule has 0 aromatic carbocycles. The minimum absolute atomic E-state index is 0.0648. The lowest BCUT2D eigenvalue weighted by Crippen LogP contribution is -2.56. The lowest BCUT2D eigenvalue weighted by Gasteiger charge is -2.43. The second kappa shape index (κ2) is 8.07. The van der Waals surface area contributed by atoms with Crippen LogP contribution in [0.2, 0.25) is 0 Å². The van der Waals surface area contributed by atoms with Gasteiger partial charge in [0.05, 0.1) is 23.4 Å². The number of anilines is 1. The van der Waals surface area contributed by atoms with E-state index >= 15 is 0 Å². The van der Waals surface area contributed by atoms with Crippen LogP contribution in [0.4, 0.5) is 10.5 Å². The molecule has 3 amide bonds. The van der Waals surface area contributed by atoms with Crippen LogP contribution in [0, 0.1) is 0 Å². The summed E-state index contributed by atoms with van der Waals surface area (Å²) >= 11 is 1.62. The minimum atomic E-state index is -1.40. The fourth-order valence-corrected chi connectivity index (χ4v) is 5.35. The van der Waals surface area contributed by atoms with E-state index in [9.17, 15) is 14.7 Å². The van der Waals surface area contributed by atoms with Crippen LogP contribution in [-0.4, -0.2) is 68.6 Å². The zero-order valence-corrected chi connectivity index (χ0v) is 19.8. The molecule has 0 spiro atoms. The number of rotatable bonds is 3. The van der Waals surface area contributed by atoms with Crippen LogP contribution >= 0.6 is 11.3 Å². The van der Waals surface area contributed by atoms with E-state index in [0.717, 1.165) is 33.5 Å². The average molecular weight is 466 g/mol. The molecule has 2 aliphatic heterocycles. The number of hydrogen-bond donors (Lipinski definition) is 1. The van der Waals surface area contributed by atoms with Crippen LogP contribution in [0.3, 0.4) is 0 Å². The number of nitrogens with zero attached hydrogens (tertiary/aromatic N) is 5. The fraction of sp³-hybridized carbons (Fsp3) is 0.417. The molecule has 5 rings (SSSR count). The predicted octanol–water partition coefficient (Wildman–Crippen LogP) is 3.49. The molecule has 1 saturated heterocycles. The normalized spacial score (nSPS) is 17.6. The zero-order valence-electron chi connectivity index (χ0n) is 19.0. The second-order valence-electron chi connectivity index (χ2n) is 9.30. The number of carbonyl (C=O) groups excluding carboxylic acids is 2. The number of carbonyl (C=O) groups is 2. The standard InChI is InChI=1S/C24H27N5O3S/c1-24(2,32)22(30)28-9-6-17(7-10-28)29-21-16(13-27(3)23(29)31)12-25-19-5-4-18(26-20(19)21)15-8-11-33-14-15/h4-5,8,11-12,14,17,32H,6-7,9-10,13H2,1-3H3. The van der Waals surface area contributed by atoms with Crippen LogP contribution in [-0.2, 0) is 11.3 Å². The molecule has 172 valence electrons. The zero-order chi connectivity index (χ0) is 23.3. The number of likely N-dealkylation sites (tertiary alicyclic amines) is 1. The van der Waals surface area contributed by atoms with E-state index in [1.807, 2.05) is 34.7 Å². The van der Waals surface area contributed by atoms with Gasteiger partial charge in [0.25, 0.3) is 5.91 Å². The molecular formula is C24H27N5O3S. The Morgan fingerprint density at radius 3 is 2.64 bits per heavy atom. The van der Waals surface area contributed by atoms with Gasteiger partial charge in [0, 0.05) is 48.9 Å². The molecule has 0 bridgehead atoms. The summed E-state index contributed by atoms with van der Waals surface area (Å²) in [7, 11) is 1.80. The molecule has 1 N–H and O–H groups in total. The maximum absolute atomic E-state index is 13.4. The van der Waals surface area contributed by atoms with Gasteiger partial charge in [0.1, 0.15) is 11.1 Å². The number of aromatic nitrogens is 2. The first kappa shape index (κ1) is 21.8. The number of pyridine rings is 2. The molecular weight excluding hydrogens is 438 g/mol. The summed E-state index contributed by atoms with van der Waals surface area (Å²) in [6, 6.07) is 5.83. The summed E-state index contributed by atoms with van der Waals surface area (Å²) in [4.78, 5) is 40.7. The quantitative estimate of drug-likeness (QED) is 0.640. The molecule has 0 saturated carbocycles. The first-order valence-corrected chi connectivity index (χ1v) is 12.1. The van der Waals surface area contributed by atoms with E-state index in [1.54, 1.807) is 28.2 Å². The maximum Gasteiger partial charge on any atom is 0.324 e. The maximum atomic E-state index is 13.4. The van der Waals surface area contributed by atoms with E-state index in [4.69, 9.17) is 4.98 Å². The van der Waals surface area contributed by atoms with Crippen molar-refractivity contribution in [3.8, 4) is 11.3 Å². The molecule has 5 heterocycles. The van der Waals surface area contributed by atoms with Crippen LogP contribution < -0.4 is 4.90 Å². The molecule has 0 aliphatic carbocycles. The highest BCUT2D eigenvalue weighted by molar-refractivity contribution is 7.08. The Hall–Kier alpha value is -3.04. The topological polar surface area (TPSA) is 89.9 Å². The van der Waals surface area contributed by atoms with Crippen molar-refractivity contribution in [2.75, 3.05) is 25.0 Å². The third kappa shape index (κ3) is 3.85. The first-order chi connectivity index (χ1) is 15.7. The lowest BCUT2D eigenvalue weighted by molar-refractivity contribution is -0.148. The van der Waals surface area contributed by atoms with E-state index in [-0.39, 0.29) is 18.0 Å². The molecule has 0 radical (unpaired) electrons. The molecule has 3 aromatic heterocycles. The van der Waals surface area contributed by atoms with Gasteiger partial charge < -0.3 is 14.9 Å². The Balaban J connectivity index is 1.54. The van der Waals surface area contributed by atoms with Gasteiger partial charge in [0.2, 0.25) is 0 Å². The molecule has 3 aromatic rings. The second-order valence-corrected chi connectivity index (χ2v) is 10.1. The van der Waals surface area contributed by atoms with Crippen LogP contribution in [0.1, 0.15) is 32.3 Å². The van der Waals surface area contributed by atoms with Gasteiger partial charge in [-0.2, -0.15) is 11.3 Å². The number of amides is 3. The highest BCUT2D eigenvalue weighted by atomic mass is 32.1. The van der Waals surface area contributed by atoms with Gasteiger partial charge in [-0.05, 0) is 50.3 Å². The van der Waals surface area contributed by atoms with Crippen molar-refractivity contribution < 1.29 is 14.7 Å². The molecule has 9 heteroatoms. The van der Waals surface area contributed by atoms with Gasteiger partial charge in [-0.25, -0.2) is 9.78 Å². The average Bonchev–Trinajstić information content (AvgIpc) is 3.34. The van der Waals surface area contributed by atoms with Crippen molar-refractivity contribution in [2.24, 2.45) is 0 Å². The first-order valence-electron chi connectivity index (χ1n) is 11.1. The Bertz CT molecular complexity index is 1210. The Kier molecular flexibility index (Phi) is 5.33. The van der Waals surface area contributed by atoms with Gasteiger partial charge in [0.15, 0.2) is 0 Å². The van der Waals surface area contributed by atoms with E-state index in [1.165, 1.54) is 13.8 Å². The predicted molar refractivity (Wildman–Crippen MR) is 128 cm³/mol. The summed E-state index contributed by atoms with van der Waals surface area (Å²) < 4.78 is 0. The van der Waals surface area contributed by atoms with Crippen LogP contribution in [0.25, 0.3) is 22.3 Å². The van der Waals surface area contributed by atoms with Gasteiger partial charge >= 0.3 is 6.03 Å². The number of thiophene rings is 1. The number of aliphatic hydroxyl groups is 1. The fourth-order valence-electron chi connectivity index (χ4n) is 4.70. The van der Waals surface area contributed by atoms with Crippen molar-refractivity contribution in [1.82, 2.24) is 19.8 Å². The van der Waals surface area contributed by atoms with E-state index < -0.39 is 5.60 Å². The van der Waals surface area contributed by atoms with Crippen molar-refractivity contribution in [3.05, 3.63) is 40.7 Å². The summed E-state index contributed by atoms with van der Waals surface area (Å²) in [5.41, 5.74) is 3.78. The molecule has 1 fully saturated rings. The summed E-state index contributed by atoms with van der Waals surface area (Å²) in [6.45, 7) is 4.49. The smallest absolute Gasteiger partial charge is 0.324 e. The lowest BCUT2D eigenvalue weighted by atomic mass is 9.98. The van der Waals surface area contributed by atoms with Crippen molar-refractivity contribution in [1.29, 1.82) is 0 Å². The number of hydrogen-bond acceptors (Lipinski definition) is 6.